The Morgan fingerprint density at radius 1 is 1.38 bits per heavy atom. The number of aromatic nitrogens is 2. The number of nitrogens with zero attached hydrogens (tertiary/aromatic N) is 4. The number of nitriles is 1. The Hall–Kier alpha value is -3.21. The number of benzene rings is 1. The van der Waals surface area contributed by atoms with E-state index in [9.17, 15) is 9.59 Å². The Balaban J connectivity index is 1.82. The quantitative estimate of drug-likeness (QED) is 0.824. The normalized spacial score (nSPS) is 19.7. The highest BCUT2D eigenvalue weighted by atomic mass is 16.5. The van der Waals surface area contributed by atoms with Crippen LogP contribution in [0.25, 0.3) is 0 Å². The molecule has 8 nitrogen and oxygen atoms in total. The maximum Gasteiger partial charge on any atom is 0.325 e. The number of hydrogen-bond donors (Lipinski definition) is 1. The summed E-state index contributed by atoms with van der Waals surface area (Å²) < 4.78 is 5.16. The zero-order valence-electron chi connectivity index (χ0n) is 14.8. The third-order valence-corrected chi connectivity index (χ3v) is 4.24. The van der Waals surface area contributed by atoms with Crippen LogP contribution in [0.5, 0.6) is 0 Å². The van der Waals surface area contributed by atoms with Crippen molar-refractivity contribution in [2.45, 2.75) is 39.3 Å². The van der Waals surface area contributed by atoms with Gasteiger partial charge in [-0.1, -0.05) is 31.1 Å². The molecule has 0 unspecified atom stereocenters. The molecule has 3 rings (SSSR count). The van der Waals surface area contributed by atoms with Crippen molar-refractivity contribution >= 4 is 11.9 Å². The zero-order valence-corrected chi connectivity index (χ0v) is 14.8. The molecule has 2 heterocycles. The van der Waals surface area contributed by atoms with Crippen LogP contribution in [0.3, 0.4) is 0 Å². The van der Waals surface area contributed by atoms with Gasteiger partial charge in [0.1, 0.15) is 12.1 Å². The molecule has 0 radical (unpaired) electrons. The highest BCUT2D eigenvalue weighted by Gasteiger charge is 2.49. The monoisotopic (exact) mass is 353 g/mol. The van der Waals surface area contributed by atoms with Gasteiger partial charge in [-0.25, -0.2) is 4.79 Å². The second-order valence-electron chi connectivity index (χ2n) is 6.84. The minimum absolute atomic E-state index is 0.0940. The molecule has 1 aromatic carbocycles. The average molecular weight is 353 g/mol. The summed E-state index contributed by atoms with van der Waals surface area (Å²) >= 11 is 0. The van der Waals surface area contributed by atoms with Gasteiger partial charge in [-0.05, 0) is 30.5 Å². The minimum atomic E-state index is -1.25. The van der Waals surface area contributed by atoms with Crippen molar-refractivity contribution < 1.29 is 14.1 Å². The Labute approximate surface area is 150 Å². The van der Waals surface area contributed by atoms with E-state index < -0.39 is 17.5 Å². The van der Waals surface area contributed by atoms with Crippen molar-refractivity contribution in [1.82, 2.24) is 20.4 Å². The van der Waals surface area contributed by atoms with E-state index in [4.69, 9.17) is 9.78 Å². The third-order valence-electron chi connectivity index (χ3n) is 4.24. The third kappa shape index (κ3) is 3.16. The summed E-state index contributed by atoms with van der Waals surface area (Å²) in [6, 6.07) is 8.11. The van der Waals surface area contributed by atoms with Crippen molar-refractivity contribution in [3.63, 3.8) is 0 Å². The van der Waals surface area contributed by atoms with Crippen LogP contribution < -0.4 is 5.32 Å². The average Bonchev–Trinajstić information content (AvgIpc) is 3.13. The van der Waals surface area contributed by atoms with Crippen LogP contribution in [-0.2, 0) is 23.3 Å². The lowest BCUT2D eigenvalue weighted by molar-refractivity contribution is -0.131. The summed E-state index contributed by atoms with van der Waals surface area (Å²) in [5, 5.41) is 15.6. The standard InChI is InChI=1S/C18H19N5O3/c1-11(2)7-14-20-15(26-22-14)10-23-16(24)18(3,21-17(23)25)13-6-4-5-12(8-13)9-19/h4-6,8,11H,7,10H2,1-3H3,(H,21,25)/t18-/m1/s1. The molecular formula is C18H19N5O3. The van der Waals surface area contributed by atoms with Gasteiger partial charge in [0.05, 0.1) is 11.6 Å². The Morgan fingerprint density at radius 2 is 2.15 bits per heavy atom. The summed E-state index contributed by atoms with van der Waals surface area (Å²) in [7, 11) is 0. The topological polar surface area (TPSA) is 112 Å². The maximum atomic E-state index is 12.9. The van der Waals surface area contributed by atoms with E-state index in [-0.39, 0.29) is 12.4 Å². The fourth-order valence-corrected chi connectivity index (χ4v) is 2.87. The molecule has 26 heavy (non-hydrogen) atoms. The van der Waals surface area contributed by atoms with Crippen LogP contribution >= 0.6 is 0 Å². The molecule has 1 saturated heterocycles. The first-order valence-corrected chi connectivity index (χ1v) is 8.29. The van der Waals surface area contributed by atoms with Gasteiger partial charge >= 0.3 is 6.03 Å². The van der Waals surface area contributed by atoms with E-state index in [2.05, 4.69) is 15.5 Å². The van der Waals surface area contributed by atoms with Gasteiger partial charge < -0.3 is 9.84 Å². The lowest BCUT2D eigenvalue weighted by Gasteiger charge is -2.22. The molecular weight excluding hydrogens is 334 g/mol. The fourth-order valence-electron chi connectivity index (χ4n) is 2.87. The Kier molecular flexibility index (Phi) is 4.47. The molecule has 1 aromatic heterocycles. The number of nitrogens with one attached hydrogen (secondary N) is 1. The van der Waals surface area contributed by atoms with Gasteiger partial charge in [0.2, 0.25) is 5.89 Å². The first-order valence-electron chi connectivity index (χ1n) is 8.29. The van der Waals surface area contributed by atoms with Crippen LogP contribution in [0.2, 0.25) is 0 Å². The van der Waals surface area contributed by atoms with Gasteiger partial charge in [0.25, 0.3) is 5.91 Å². The van der Waals surface area contributed by atoms with E-state index >= 15 is 0 Å². The van der Waals surface area contributed by atoms with Crippen molar-refractivity contribution in [2.75, 3.05) is 0 Å². The summed E-state index contributed by atoms with van der Waals surface area (Å²) in [5.41, 5.74) is -0.284. The molecule has 1 aliphatic heterocycles. The first kappa shape index (κ1) is 17.6. The molecule has 0 spiro atoms. The number of amides is 3. The summed E-state index contributed by atoms with van der Waals surface area (Å²) in [4.78, 5) is 30.5. The van der Waals surface area contributed by atoms with Crippen molar-refractivity contribution in [3.05, 3.63) is 47.1 Å². The molecule has 1 fully saturated rings. The molecule has 2 aromatic rings. The predicted octanol–water partition coefficient (Wildman–Crippen LogP) is 2.11. The smallest absolute Gasteiger partial charge is 0.325 e. The van der Waals surface area contributed by atoms with Crippen LogP contribution in [-0.4, -0.2) is 27.0 Å². The lowest BCUT2D eigenvalue weighted by atomic mass is 9.91. The molecule has 1 aliphatic rings. The highest BCUT2D eigenvalue weighted by Crippen LogP contribution is 2.30. The van der Waals surface area contributed by atoms with Crippen LogP contribution in [0.15, 0.2) is 28.8 Å². The Morgan fingerprint density at radius 3 is 2.85 bits per heavy atom. The lowest BCUT2D eigenvalue weighted by Crippen LogP contribution is -2.40. The number of hydrogen-bond acceptors (Lipinski definition) is 6. The second kappa shape index (κ2) is 6.59. The Bertz CT molecular complexity index is 898. The summed E-state index contributed by atoms with van der Waals surface area (Å²) in [5.74, 6) is 0.694. The molecule has 0 aliphatic carbocycles. The van der Waals surface area contributed by atoms with Crippen LogP contribution in [0.1, 0.15) is 43.6 Å². The number of carbonyl (C=O) groups is 2. The van der Waals surface area contributed by atoms with Crippen molar-refractivity contribution in [1.29, 1.82) is 5.26 Å². The largest absolute Gasteiger partial charge is 0.337 e. The number of imide groups is 1. The molecule has 3 amide bonds. The molecule has 0 bridgehead atoms. The highest BCUT2D eigenvalue weighted by molar-refractivity contribution is 6.07. The van der Waals surface area contributed by atoms with Gasteiger partial charge in [0.15, 0.2) is 5.82 Å². The minimum Gasteiger partial charge on any atom is -0.337 e. The maximum absolute atomic E-state index is 12.9. The van der Waals surface area contributed by atoms with E-state index in [0.29, 0.717) is 29.3 Å². The number of carbonyl (C=O) groups excluding carboxylic acids is 2. The summed E-state index contributed by atoms with van der Waals surface area (Å²) in [6.45, 7) is 5.59. The second-order valence-corrected chi connectivity index (χ2v) is 6.84. The zero-order chi connectivity index (χ0) is 18.9. The molecule has 1 atom stereocenters. The first-order chi connectivity index (χ1) is 12.3. The van der Waals surface area contributed by atoms with Gasteiger partial charge in [-0.15, -0.1) is 0 Å². The van der Waals surface area contributed by atoms with Crippen molar-refractivity contribution in [3.8, 4) is 6.07 Å². The molecule has 1 N–H and O–H groups in total. The molecule has 8 heteroatoms. The van der Waals surface area contributed by atoms with E-state index in [0.717, 1.165) is 4.90 Å². The molecule has 0 saturated carbocycles. The van der Waals surface area contributed by atoms with E-state index in [1.54, 1.807) is 31.2 Å². The van der Waals surface area contributed by atoms with Gasteiger partial charge in [-0.3, -0.25) is 9.69 Å². The number of urea groups is 1. The SMILES string of the molecule is CC(C)Cc1noc(CN2C(=O)N[C@](C)(c3cccc(C#N)c3)C2=O)n1. The number of rotatable bonds is 5. The molecule has 134 valence electrons. The van der Waals surface area contributed by atoms with Crippen molar-refractivity contribution in [2.24, 2.45) is 5.92 Å². The predicted molar refractivity (Wildman–Crippen MR) is 90.4 cm³/mol. The summed E-state index contributed by atoms with van der Waals surface area (Å²) in [6.07, 6.45) is 0.655. The fraction of sp³-hybridized carbons (Fsp3) is 0.389. The van der Waals surface area contributed by atoms with Crippen LogP contribution in [0.4, 0.5) is 4.79 Å². The van der Waals surface area contributed by atoms with Crippen LogP contribution in [0, 0.1) is 17.2 Å². The van der Waals surface area contributed by atoms with E-state index in [1.807, 2.05) is 19.9 Å². The van der Waals surface area contributed by atoms with Gasteiger partial charge in [-0.2, -0.15) is 10.2 Å². The van der Waals surface area contributed by atoms with E-state index in [1.165, 1.54) is 0 Å². The van der Waals surface area contributed by atoms with Gasteiger partial charge in [0, 0.05) is 6.42 Å².